The Morgan fingerprint density at radius 1 is 0.962 bits per heavy atom. The minimum Gasteiger partial charge on any atom is -0.508 e. The topological polar surface area (TPSA) is 23.5 Å². The van der Waals surface area contributed by atoms with Gasteiger partial charge in [-0.25, -0.2) is 0 Å². The Labute approximate surface area is 163 Å². The van der Waals surface area contributed by atoms with Crippen LogP contribution >= 0.6 is 15.9 Å². The largest absolute Gasteiger partial charge is 0.508 e. The second-order valence-electron chi connectivity index (χ2n) is 7.39. The number of hydrogen-bond acceptors (Lipinski definition) is 2. The zero-order chi connectivity index (χ0) is 18.1. The van der Waals surface area contributed by atoms with Crippen molar-refractivity contribution in [3.8, 4) is 5.75 Å². The summed E-state index contributed by atoms with van der Waals surface area (Å²) in [5.41, 5.74) is 2.26. The molecule has 1 fully saturated rings. The Kier molecular flexibility index (Phi) is 5.01. The third-order valence-electron chi connectivity index (χ3n) is 5.59. The van der Waals surface area contributed by atoms with E-state index < -0.39 is 0 Å². The van der Waals surface area contributed by atoms with E-state index in [1.165, 1.54) is 23.8 Å². The molecule has 0 aromatic heterocycles. The molecule has 2 nitrogen and oxygen atoms in total. The van der Waals surface area contributed by atoms with E-state index in [1.54, 1.807) is 0 Å². The normalized spacial score (nSPS) is 17.5. The summed E-state index contributed by atoms with van der Waals surface area (Å²) in [7, 11) is 0. The highest BCUT2D eigenvalue weighted by Crippen LogP contribution is 2.40. The van der Waals surface area contributed by atoms with Crippen LogP contribution in [0.15, 0.2) is 65.1 Å². The lowest BCUT2D eigenvalue weighted by atomic mass is 9.89. The molecule has 0 aliphatic carbocycles. The predicted octanol–water partition coefficient (Wildman–Crippen LogP) is 6.13. The molecule has 3 aromatic carbocycles. The molecule has 3 heteroatoms. The molecule has 3 aromatic rings. The number of aromatic hydroxyl groups is 1. The lowest BCUT2D eigenvalue weighted by Crippen LogP contribution is -2.36. The molecule has 26 heavy (non-hydrogen) atoms. The maximum absolute atomic E-state index is 10.8. The average molecular weight is 410 g/mol. The van der Waals surface area contributed by atoms with Crippen molar-refractivity contribution in [1.29, 1.82) is 0 Å². The highest BCUT2D eigenvalue weighted by atomic mass is 79.9. The van der Waals surface area contributed by atoms with Crippen LogP contribution in [-0.2, 0) is 0 Å². The summed E-state index contributed by atoms with van der Waals surface area (Å²) in [6.07, 6.45) is 2.41. The van der Waals surface area contributed by atoms with Crippen molar-refractivity contribution in [2.45, 2.75) is 25.8 Å². The molecule has 1 N–H and O–H groups in total. The molecule has 0 bridgehead atoms. The molecule has 1 aliphatic rings. The lowest BCUT2D eigenvalue weighted by Gasteiger charge is -2.38. The molecule has 1 aliphatic heterocycles. The summed E-state index contributed by atoms with van der Waals surface area (Å²) < 4.78 is 1.08. The van der Waals surface area contributed by atoms with Crippen molar-refractivity contribution in [2.75, 3.05) is 13.1 Å². The molecular formula is C23H24BrNO. The number of fused-ring (bicyclic) bond motifs is 1. The first-order valence-corrected chi connectivity index (χ1v) is 10.1. The van der Waals surface area contributed by atoms with E-state index in [0.717, 1.165) is 34.4 Å². The summed E-state index contributed by atoms with van der Waals surface area (Å²) in [6.45, 7) is 4.45. The van der Waals surface area contributed by atoms with Gasteiger partial charge in [0.1, 0.15) is 5.75 Å². The number of piperidine rings is 1. The first-order valence-electron chi connectivity index (χ1n) is 9.33. The van der Waals surface area contributed by atoms with E-state index in [4.69, 9.17) is 0 Å². The van der Waals surface area contributed by atoms with Crippen molar-refractivity contribution in [2.24, 2.45) is 5.92 Å². The summed E-state index contributed by atoms with van der Waals surface area (Å²) in [5.74, 6) is 1.16. The van der Waals surface area contributed by atoms with Crippen LogP contribution in [-0.4, -0.2) is 23.1 Å². The standard InChI is InChI=1S/C23H24BrNO/c1-16-12-14-25(15-13-16)23(18-6-9-19(24)10-7-18)22-20-5-3-2-4-17(20)8-11-21(22)26/h2-11,16,23,26H,12-15H2,1H3. The monoisotopic (exact) mass is 409 g/mol. The van der Waals surface area contributed by atoms with Gasteiger partial charge in [-0.3, -0.25) is 4.90 Å². The van der Waals surface area contributed by atoms with Crippen LogP contribution in [0.4, 0.5) is 0 Å². The average Bonchev–Trinajstić information content (AvgIpc) is 2.66. The van der Waals surface area contributed by atoms with Gasteiger partial charge in [-0.15, -0.1) is 0 Å². The lowest BCUT2D eigenvalue weighted by molar-refractivity contribution is 0.156. The highest BCUT2D eigenvalue weighted by Gasteiger charge is 2.29. The molecule has 1 heterocycles. The fraction of sp³-hybridized carbons (Fsp3) is 0.304. The van der Waals surface area contributed by atoms with Gasteiger partial charge >= 0.3 is 0 Å². The highest BCUT2D eigenvalue weighted by molar-refractivity contribution is 9.10. The molecule has 0 amide bonds. The molecule has 0 radical (unpaired) electrons. The molecule has 134 valence electrons. The summed E-state index contributed by atoms with van der Waals surface area (Å²) in [5, 5.41) is 13.2. The van der Waals surface area contributed by atoms with Crippen LogP contribution < -0.4 is 0 Å². The maximum Gasteiger partial charge on any atom is 0.121 e. The number of phenols is 1. The Balaban J connectivity index is 1.88. The predicted molar refractivity (Wildman–Crippen MR) is 112 cm³/mol. The van der Waals surface area contributed by atoms with Crippen LogP contribution in [0.2, 0.25) is 0 Å². The van der Waals surface area contributed by atoms with Crippen LogP contribution in [0.25, 0.3) is 10.8 Å². The molecule has 1 saturated heterocycles. The zero-order valence-electron chi connectivity index (χ0n) is 15.0. The third kappa shape index (κ3) is 3.38. The number of rotatable bonds is 3. The third-order valence-corrected chi connectivity index (χ3v) is 6.12. The Morgan fingerprint density at radius 3 is 2.38 bits per heavy atom. The quantitative estimate of drug-likeness (QED) is 0.562. The van der Waals surface area contributed by atoms with E-state index in [9.17, 15) is 5.11 Å². The molecule has 0 spiro atoms. The SMILES string of the molecule is CC1CCN(C(c2ccc(Br)cc2)c2c(O)ccc3ccccc23)CC1. The second kappa shape index (κ2) is 7.42. The molecule has 4 rings (SSSR count). The van der Waals surface area contributed by atoms with Crippen LogP contribution in [0.5, 0.6) is 5.75 Å². The number of likely N-dealkylation sites (tertiary alicyclic amines) is 1. The van der Waals surface area contributed by atoms with E-state index in [-0.39, 0.29) is 6.04 Å². The van der Waals surface area contributed by atoms with Gasteiger partial charge in [-0.05, 0) is 66.4 Å². The van der Waals surface area contributed by atoms with Crippen molar-refractivity contribution in [3.63, 3.8) is 0 Å². The molecular weight excluding hydrogens is 386 g/mol. The zero-order valence-corrected chi connectivity index (χ0v) is 16.6. The fourth-order valence-corrected chi connectivity index (χ4v) is 4.33. The Morgan fingerprint density at radius 2 is 1.65 bits per heavy atom. The maximum atomic E-state index is 10.8. The molecule has 0 saturated carbocycles. The first-order chi connectivity index (χ1) is 12.6. The number of halogens is 1. The Bertz CT molecular complexity index is 898. The first kappa shape index (κ1) is 17.6. The van der Waals surface area contributed by atoms with Crippen molar-refractivity contribution >= 4 is 26.7 Å². The second-order valence-corrected chi connectivity index (χ2v) is 8.31. The molecule has 1 unspecified atom stereocenters. The van der Waals surface area contributed by atoms with Gasteiger partial charge in [-0.1, -0.05) is 65.3 Å². The summed E-state index contributed by atoms with van der Waals surface area (Å²) >= 11 is 3.55. The van der Waals surface area contributed by atoms with Gasteiger partial charge in [0.05, 0.1) is 6.04 Å². The van der Waals surface area contributed by atoms with Gasteiger partial charge in [0, 0.05) is 10.0 Å². The summed E-state index contributed by atoms with van der Waals surface area (Å²) in [4.78, 5) is 2.53. The number of benzene rings is 3. The smallest absolute Gasteiger partial charge is 0.121 e. The fourth-order valence-electron chi connectivity index (χ4n) is 4.06. The van der Waals surface area contributed by atoms with E-state index >= 15 is 0 Å². The van der Waals surface area contributed by atoms with Crippen molar-refractivity contribution in [3.05, 3.63) is 76.3 Å². The van der Waals surface area contributed by atoms with E-state index in [0.29, 0.717) is 5.75 Å². The van der Waals surface area contributed by atoms with Gasteiger partial charge in [0.2, 0.25) is 0 Å². The van der Waals surface area contributed by atoms with Crippen molar-refractivity contribution < 1.29 is 5.11 Å². The van der Waals surface area contributed by atoms with Crippen LogP contribution in [0.1, 0.15) is 36.9 Å². The minimum absolute atomic E-state index is 0.0710. The van der Waals surface area contributed by atoms with Gasteiger partial charge in [0.15, 0.2) is 0 Å². The summed E-state index contributed by atoms with van der Waals surface area (Å²) in [6, 6.07) is 20.8. The van der Waals surface area contributed by atoms with Gasteiger partial charge in [-0.2, -0.15) is 0 Å². The van der Waals surface area contributed by atoms with Gasteiger partial charge in [0.25, 0.3) is 0 Å². The van der Waals surface area contributed by atoms with E-state index in [1.807, 2.05) is 12.1 Å². The Hall–Kier alpha value is -1.84. The number of hydrogen-bond donors (Lipinski definition) is 1. The van der Waals surface area contributed by atoms with Crippen LogP contribution in [0.3, 0.4) is 0 Å². The molecule has 1 atom stereocenters. The van der Waals surface area contributed by atoms with Crippen molar-refractivity contribution in [1.82, 2.24) is 4.90 Å². The minimum atomic E-state index is 0.0710. The number of phenolic OH excluding ortho intramolecular Hbond substituents is 1. The van der Waals surface area contributed by atoms with Gasteiger partial charge < -0.3 is 5.11 Å². The van der Waals surface area contributed by atoms with E-state index in [2.05, 4.69) is 76.3 Å². The number of nitrogens with zero attached hydrogens (tertiary/aromatic N) is 1. The van der Waals surface area contributed by atoms with Crippen LogP contribution in [0, 0.1) is 5.92 Å².